The zero-order valence-electron chi connectivity index (χ0n) is 23.1. The highest BCUT2D eigenvalue weighted by atomic mass is 32.2. The Bertz CT molecular complexity index is 711. The summed E-state index contributed by atoms with van der Waals surface area (Å²) in [5, 5.41) is 7.85. The molecule has 11 nitrogen and oxygen atoms in total. The molecule has 1 aromatic heterocycles. The first-order valence-electron chi connectivity index (χ1n) is 13.0. The molecule has 14 heteroatoms. The van der Waals surface area contributed by atoms with Gasteiger partial charge in [-0.25, -0.2) is 9.78 Å². The second kappa shape index (κ2) is 18.4. The summed E-state index contributed by atoms with van der Waals surface area (Å²) < 4.78 is 36.6. The largest absolute Gasteiger partial charge is 0.500 e. The van der Waals surface area contributed by atoms with Crippen LogP contribution in [0.5, 0.6) is 0 Å². The average molecular weight is 567 g/mol. The molecule has 1 rings (SSSR count). The summed E-state index contributed by atoms with van der Waals surface area (Å²) in [4.78, 5) is 17.1. The third kappa shape index (κ3) is 11.3. The number of carbonyl (C=O) groups excluding carboxylic acids is 1. The van der Waals surface area contributed by atoms with Crippen LogP contribution in [-0.2, 0) is 26.6 Å². The molecule has 1 heterocycles. The second-order valence-electron chi connectivity index (χ2n) is 7.60. The van der Waals surface area contributed by atoms with E-state index in [1.165, 1.54) is 16.4 Å². The fraction of sp³-hybridized carbons (Fsp3) is 0.864. The number of hydrogen-bond donors (Lipinski definition) is 1. The van der Waals surface area contributed by atoms with Crippen LogP contribution >= 0.6 is 11.8 Å². The lowest BCUT2D eigenvalue weighted by atomic mass is 10.5. The lowest BCUT2D eigenvalue weighted by molar-refractivity contribution is 0.0702. The number of aryl methyl sites for hydroxylation is 1. The van der Waals surface area contributed by atoms with Crippen LogP contribution in [0.15, 0.2) is 5.16 Å². The molecule has 0 aliphatic heterocycles. The average Bonchev–Trinajstić information content (AvgIpc) is 3.21. The number of amides is 1. The molecule has 0 saturated carbocycles. The summed E-state index contributed by atoms with van der Waals surface area (Å²) in [6, 6.07) is 1.06. The Hall–Kier alpha value is -0.846. The lowest BCUT2D eigenvalue weighted by Gasteiger charge is -2.28. The molecule has 1 N–H and O–H groups in total. The Labute approximate surface area is 223 Å². The number of nitrogens with one attached hydrogen (secondary N) is 1. The zero-order chi connectivity index (χ0) is 26.9. The molecule has 36 heavy (non-hydrogen) atoms. The van der Waals surface area contributed by atoms with Crippen LogP contribution in [0.25, 0.3) is 0 Å². The maximum Gasteiger partial charge on any atom is 0.500 e. The number of rotatable bonds is 21. The van der Waals surface area contributed by atoms with Crippen molar-refractivity contribution in [2.45, 2.75) is 78.6 Å². The maximum atomic E-state index is 12.7. The summed E-state index contributed by atoms with van der Waals surface area (Å²) >= 11 is 1.50. The van der Waals surface area contributed by atoms with E-state index in [2.05, 4.69) is 15.4 Å². The molecule has 1 amide bonds. The number of thioether (sulfide) groups is 1. The van der Waals surface area contributed by atoms with Crippen LogP contribution in [-0.4, -0.2) is 90.3 Å². The maximum absolute atomic E-state index is 12.7. The number of hydrogen-bond acceptors (Lipinski definition) is 10. The fourth-order valence-corrected chi connectivity index (χ4v) is 9.94. The van der Waals surface area contributed by atoms with Crippen molar-refractivity contribution in [1.82, 2.24) is 20.1 Å². The van der Waals surface area contributed by atoms with Crippen molar-refractivity contribution in [3.8, 4) is 0 Å². The Balaban J connectivity index is 2.57. The van der Waals surface area contributed by atoms with Gasteiger partial charge in [0.2, 0.25) is 5.16 Å². The molecule has 0 saturated heterocycles. The van der Waals surface area contributed by atoms with Crippen LogP contribution in [0.1, 0.15) is 60.2 Å². The molecular weight excluding hydrogens is 521 g/mol. The van der Waals surface area contributed by atoms with Gasteiger partial charge in [-0.2, -0.15) is 4.68 Å². The number of nitrogens with zero attached hydrogens (tertiary/aromatic N) is 3. The van der Waals surface area contributed by atoms with E-state index < -0.39 is 17.6 Å². The highest BCUT2D eigenvalue weighted by Gasteiger charge is 2.40. The predicted octanol–water partition coefficient (Wildman–Crippen LogP) is 4.11. The Morgan fingerprint density at radius 2 is 1.25 bits per heavy atom. The lowest BCUT2D eigenvalue weighted by Crippen LogP contribution is -2.46. The van der Waals surface area contributed by atoms with E-state index in [1.54, 1.807) is 6.92 Å². The van der Waals surface area contributed by atoms with Crippen LogP contribution in [0.4, 0.5) is 4.79 Å². The molecule has 0 unspecified atom stereocenters. The molecule has 0 aliphatic carbocycles. The van der Waals surface area contributed by atoms with Crippen molar-refractivity contribution >= 4 is 35.4 Å². The summed E-state index contributed by atoms with van der Waals surface area (Å²) in [7, 11) is -5.37. The normalized spacial score (nSPS) is 12.3. The molecule has 0 bridgehead atoms. The number of aromatic nitrogens is 3. The van der Waals surface area contributed by atoms with Gasteiger partial charge in [0, 0.05) is 64.0 Å². The molecular formula is C22H46N4O7SSi2. The summed E-state index contributed by atoms with van der Waals surface area (Å²) in [6.07, 6.45) is 1.51. The van der Waals surface area contributed by atoms with Crippen molar-refractivity contribution in [2.24, 2.45) is 0 Å². The molecule has 0 atom stereocenters. The van der Waals surface area contributed by atoms with E-state index in [0.29, 0.717) is 69.6 Å². The van der Waals surface area contributed by atoms with Gasteiger partial charge in [0.25, 0.3) is 0 Å². The minimum absolute atomic E-state index is 0.307. The van der Waals surface area contributed by atoms with Crippen LogP contribution in [0.3, 0.4) is 0 Å². The Morgan fingerprint density at radius 1 is 0.806 bits per heavy atom. The van der Waals surface area contributed by atoms with Crippen molar-refractivity contribution in [1.29, 1.82) is 0 Å². The zero-order valence-corrected chi connectivity index (χ0v) is 25.9. The van der Waals surface area contributed by atoms with E-state index >= 15 is 0 Å². The van der Waals surface area contributed by atoms with Crippen molar-refractivity contribution in [2.75, 3.05) is 51.9 Å². The Kier molecular flexibility index (Phi) is 17.0. The highest BCUT2D eigenvalue weighted by molar-refractivity contribution is 7.99. The van der Waals surface area contributed by atoms with E-state index in [1.807, 2.05) is 41.5 Å². The molecule has 0 radical (unpaired) electrons. The van der Waals surface area contributed by atoms with Gasteiger partial charge < -0.3 is 31.9 Å². The molecule has 1 aromatic rings. The van der Waals surface area contributed by atoms with Crippen molar-refractivity contribution in [3.05, 3.63) is 5.82 Å². The first-order chi connectivity index (χ1) is 17.3. The second-order valence-corrected chi connectivity index (χ2v) is 14.1. The summed E-state index contributed by atoms with van der Waals surface area (Å²) in [6.45, 7) is 17.2. The molecule has 0 aromatic carbocycles. The topological polar surface area (TPSA) is 115 Å². The van der Waals surface area contributed by atoms with Gasteiger partial charge in [0.15, 0.2) is 0 Å². The molecule has 0 aliphatic rings. The van der Waals surface area contributed by atoms with Gasteiger partial charge in [-0.05, 0) is 61.3 Å². The van der Waals surface area contributed by atoms with Crippen LogP contribution in [0.2, 0.25) is 12.1 Å². The first-order valence-corrected chi connectivity index (χ1v) is 17.9. The van der Waals surface area contributed by atoms with E-state index in [4.69, 9.17) is 26.6 Å². The minimum atomic E-state index is -2.72. The van der Waals surface area contributed by atoms with Crippen LogP contribution < -0.4 is 5.32 Å². The number of carbonyl (C=O) groups is 1. The van der Waals surface area contributed by atoms with Crippen molar-refractivity contribution < 1.29 is 31.4 Å². The van der Waals surface area contributed by atoms with Crippen LogP contribution in [0, 0.1) is 6.92 Å². The van der Waals surface area contributed by atoms with Gasteiger partial charge in [-0.15, -0.1) is 5.10 Å². The van der Waals surface area contributed by atoms with E-state index in [9.17, 15) is 4.79 Å². The van der Waals surface area contributed by atoms with Gasteiger partial charge >= 0.3 is 23.6 Å². The SMILES string of the molecule is CCO[Si](CCCNC(=O)n1nc(SCCC[Si](OCC)(OCC)OCC)nc1C)(OCC)OCC. The van der Waals surface area contributed by atoms with E-state index in [0.717, 1.165) is 18.2 Å². The minimum Gasteiger partial charge on any atom is -0.374 e. The van der Waals surface area contributed by atoms with Gasteiger partial charge in [0.05, 0.1) is 0 Å². The quantitative estimate of drug-likeness (QED) is 0.132. The first kappa shape index (κ1) is 33.2. The fourth-order valence-electron chi connectivity index (χ4n) is 3.65. The standard InChI is InChI=1S/C22H46N4O7SSi2/c1-8-28-35(29-9-2,30-10-3)18-14-16-23-22(27)26-20(7)24-21(25-26)34-17-15-19-36(31-11-4,32-12-5)33-13-6/h8-19H2,1-7H3,(H,23,27). The highest BCUT2D eigenvalue weighted by Crippen LogP contribution is 2.22. The monoisotopic (exact) mass is 566 g/mol. The van der Waals surface area contributed by atoms with Gasteiger partial charge in [0.1, 0.15) is 5.82 Å². The summed E-state index contributed by atoms with van der Waals surface area (Å²) in [5.74, 6) is 1.31. The molecule has 0 fully saturated rings. The third-order valence-corrected chi connectivity index (χ3v) is 12.1. The molecule has 0 spiro atoms. The smallest absolute Gasteiger partial charge is 0.374 e. The van der Waals surface area contributed by atoms with E-state index in [-0.39, 0.29) is 6.03 Å². The molecule has 210 valence electrons. The predicted molar refractivity (Wildman–Crippen MR) is 144 cm³/mol. The van der Waals surface area contributed by atoms with Crippen molar-refractivity contribution in [3.63, 3.8) is 0 Å². The Morgan fingerprint density at radius 3 is 1.69 bits per heavy atom. The van der Waals surface area contributed by atoms with Gasteiger partial charge in [-0.1, -0.05) is 11.8 Å². The van der Waals surface area contributed by atoms with Gasteiger partial charge in [-0.3, -0.25) is 0 Å². The third-order valence-electron chi connectivity index (χ3n) is 4.92. The summed E-state index contributed by atoms with van der Waals surface area (Å²) in [5.41, 5.74) is 0.